The molecular weight excluding hydrogens is 426 g/mol. The summed E-state index contributed by atoms with van der Waals surface area (Å²) in [4.78, 5) is 26.4. The number of fused-ring (bicyclic) bond motifs is 1. The second kappa shape index (κ2) is 8.26. The van der Waals surface area contributed by atoms with Crippen LogP contribution in [-0.2, 0) is 0 Å². The molecule has 0 bridgehead atoms. The molecule has 4 aromatic rings. The van der Waals surface area contributed by atoms with Gasteiger partial charge in [0, 0.05) is 30.7 Å². The van der Waals surface area contributed by atoms with Crippen LogP contribution in [0.15, 0.2) is 83.8 Å². The fourth-order valence-corrected chi connectivity index (χ4v) is 4.56. The third kappa shape index (κ3) is 3.70. The molecule has 2 heterocycles. The van der Waals surface area contributed by atoms with Crippen molar-refractivity contribution in [1.82, 2.24) is 9.47 Å². The third-order valence-corrected chi connectivity index (χ3v) is 6.18. The van der Waals surface area contributed by atoms with Crippen LogP contribution in [0.25, 0.3) is 10.9 Å². The van der Waals surface area contributed by atoms with Crippen molar-refractivity contribution in [2.75, 3.05) is 13.1 Å². The zero-order valence-corrected chi connectivity index (χ0v) is 17.5. The first-order valence-corrected chi connectivity index (χ1v) is 10.5. The molecule has 0 spiro atoms. The number of likely N-dealkylation sites (tertiary alicyclic amines) is 1. The highest BCUT2D eigenvalue weighted by atomic mass is 19.2. The first-order valence-electron chi connectivity index (χ1n) is 10.5. The molecule has 0 unspecified atom stereocenters. The lowest BCUT2D eigenvalue weighted by Crippen LogP contribution is -2.50. The molecule has 33 heavy (non-hydrogen) atoms. The van der Waals surface area contributed by atoms with Crippen LogP contribution < -0.4 is 5.43 Å². The van der Waals surface area contributed by atoms with Crippen molar-refractivity contribution < 1.29 is 18.7 Å². The number of pyridine rings is 1. The number of rotatable bonds is 5. The molecule has 0 atom stereocenters. The molecule has 5 rings (SSSR count). The van der Waals surface area contributed by atoms with Crippen molar-refractivity contribution in [3.05, 3.63) is 118 Å². The maximum Gasteiger partial charge on any atom is 0.341 e. The Hall–Kier alpha value is -3.84. The molecular formula is C26H20F2N2O3. The molecule has 0 aliphatic carbocycles. The van der Waals surface area contributed by atoms with E-state index in [1.165, 1.54) is 6.20 Å². The average molecular weight is 446 g/mol. The summed E-state index contributed by atoms with van der Waals surface area (Å²) in [5.74, 6) is -3.67. The fourth-order valence-electron chi connectivity index (χ4n) is 4.56. The summed E-state index contributed by atoms with van der Waals surface area (Å²) in [6.07, 6.45) is 1.24. The molecule has 0 amide bonds. The molecule has 1 fully saturated rings. The second-order valence-corrected chi connectivity index (χ2v) is 8.20. The zero-order chi connectivity index (χ0) is 23.1. The van der Waals surface area contributed by atoms with Gasteiger partial charge in [-0.25, -0.2) is 13.6 Å². The normalized spacial score (nSPS) is 14.5. The summed E-state index contributed by atoms with van der Waals surface area (Å²) < 4.78 is 29.5. The lowest BCUT2D eigenvalue weighted by Gasteiger charge is -2.46. The lowest BCUT2D eigenvalue weighted by molar-refractivity contribution is 0.0684. The van der Waals surface area contributed by atoms with E-state index in [9.17, 15) is 23.5 Å². The predicted molar refractivity (Wildman–Crippen MR) is 120 cm³/mol. The molecule has 5 nitrogen and oxygen atoms in total. The minimum Gasteiger partial charge on any atom is -0.477 e. The van der Waals surface area contributed by atoms with Crippen LogP contribution in [0.5, 0.6) is 0 Å². The first-order chi connectivity index (χ1) is 15.9. The van der Waals surface area contributed by atoms with Crippen molar-refractivity contribution in [2.45, 2.75) is 12.1 Å². The maximum atomic E-state index is 14.0. The highest BCUT2D eigenvalue weighted by molar-refractivity contribution is 5.92. The van der Waals surface area contributed by atoms with Gasteiger partial charge in [0.15, 0.2) is 11.6 Å². The lowest BCUT2D eigenvalue weighted by atomic mass is 9.92. The molecule has 1 N–H and O–H groups in total. The first kappa shape index (κ1) is 21.0. The van der Waals surface area contributed by atoms with Crippen LogP contribution in [0.1, 0.15) is 33.6 Å². The Labute approximate surface area is 188 Å². The van der Waals surface area contributed by atoms with Gasteiger partial charge in [-0.3, -0.25) is 9.69 Å². The SMILES string of the molecule is O=C(O)c1cn(C2CN(C(c3ccccc3)c3ccccc3)C2)c2cc(F)c(F)cc2c1=O. The quantitative estimate of drug-likeness (QED) is 0.486. The molecule has 1 aromatic heterocycles. The molecule has 1 saturated heterocycles. The number of aromatic carboxylic acids is 1. The molecule has 3 aromatic carbocycles. The Balaban J connectivity index is 1.55. The van der Waals surface area contributed by atoms with E-state index in [1.807, 2.05) is 36.4 Å². The molecule has 0 saturated carbocycles. The number of benzene rings is 3. The van der Waals surface area contributed by atoms with Gasteiger partial charge in [0.25, 0.3) is 0 Å². The topological polar surface area (TPSA) is 62.5 Å². The number of halogens is 2. The van der Waals surface area contributed by atoms with Gasteiger partial charge in [-0.1, -0.05) is 60.7 Å². The van der Waals surface area contributed by atoms with Crippen molar-refractivity contribution in [3.63, 3.8) is 0 Å². The van der Waals surface area contributed by atoms with E-state index in [0.717, 1.165) is 23.3 Å². The van der Waals surface area contributed by atoms with Crippen molar-refractivity contribution in [3.8, 4) is 0 Å². The second-order valence-electron chi connectivity index (χ2n) is 8.20. The summed E-state index contributed by atoms with van der Waals surface area (Å²) in [5.41, 5.74) is 1.13. The molecule has 7 heteroatoms. The molecule has 0 radical (unpaired) electrons. The Bertz CT molecular complexity index is 1360. The summed E-state index contributed by atoms with van der Waals surface area (Å²) in [6, 6.07) is 21.6. The monoisotopic (exact) mass is 446 g/mol. The Morgan fingerprint density at radius 3 is 2.00 bits per heavy atom. The zero-order valence-electron chi connectivity index (χ0n) is 17.5. The maximum absolute atomic E-state index is 14.0. The van der Waals surface area contributed by atoms with Gasteiger partial charge < -0.3 is 9.67 Å². The predicted octanol–water partition coefficient (Wildman–Crippen LogP) is 4.62. The smallest absolute Gasteiger partial charge is 0.341 e. The van der Waals surface area contributed by atoms with Gasteiger partial charge in [0.1, 0.15) is 5.56 Å². The minimum atomic E-state index is -1.40. The third-order valence-electron chi connectivity index (χ3n) is 6.18. The fraction of sp³-hybridized carbons (Fsp3) is 0.154. The van der Waals surface area contributed by atoms with E-state index >= 15 is 0 Å². The van der Waals surface area contributed by atoms with Crippen molar-refractivity contribution >= 4 is 16.9 Å². The van der Waals surface area contributed by atoms with Gasteiger partial charge in [0.2, 0.25) is 5.43 Å². The minimum absolute atomic E-state index is 0.0116. The van der Waals surface area contributed by atoms with Gasteiger partial charge in [-0.05, 0) is 17.2 Å². The highest BCUT2D eigenvalue weighted by Crippen LogP contribution is 2.37. The average Bonchev–Trinajstić information content (AvgIpc) is 2.79. The number of carboxylic acid groups (broad SMARTS) is 1. The number of carbonyl (C=O) groups is 1. The molecule has 1 aliphatic heterocycles. The van der Waals surface area contributed by atoms with E-state index in [1.54, 1.807) is 4.57 Å². The van der Waals surface area contributed by atoms with Crippen LogP contribution in [0.4, 0.5) is 8.78 Å². The van der Waals surface area contributed by atoms with Crippen LogP contribution >= 0.6 is 0 Å². The summed E-state index contributed by atoms with van der Waals surface area (Å²) in [6.45, 7) is 1.09. The largest absolute Gasteiger partial charge is 0.477 e. The van der Waals surface area contributed by atoms with Crippen molar-refractivity contribution in [1.29, 1.82) is 0 Å². The van der Waals surface area contributed by atoms with E-state index in [-0.39, 0.29) is 23.0 Å². The van der Waals surface area contributed by atoms with Crippen LogP contribution in [-0.4, -0.2) is 33.6 Å². The van der Waals surface area contributed by atoms with Crippen molar-refractivity contribution in [2.24, 2.45) is 0 Å². The standard InChI is InChI=1S/C26H20F2N2O3/c27-21-11-19-23(12-22(21)28)30(15-20(25(19)31)26(32)33)18-13-29(14-18)24(16-7-3-1-4-8-16)17-9-5-2-6-10-17/h1-12,15,18,24H,13-14H2,(H,32,33). The summed E-state index contributed by atoms with van der Waals surface area (Å²) in [7, 11) is 0. The summed E-state index contributed by atoms with van der Waals surface area (Å²) >= 11 is 0. The van der Waals surface area contributed by atoms with E-state index in [2.05, 4.69) is 29.2 Å². The summed E-state index contributed by atoms with van der Waals surface area (Å²) in [5, 5.41) is 9.35. The van der Waals surface area contributed by atoms with E-state index in [0.29, 0.717) is 13.1 Å². The number of hydrogen-bond donors (Lipinski definition) is 1. The van der Waals surface area contributed by atoms with Gasteiger partial charge in [0.05, 0.1) is 17.6 Å². The van der Waals surface area contributed by atoms with Crippen LogP contribution in [0, 0.1) is 11.6 Å². The number of aromatic nitrogens is 1. The van der Waals surface area contributed by atoms with Gasteiger partial charge >= 0.3 is 5.97 Å². The van der Waals surface area contributed by atoms with Gasteiger partial charge in [-0.15, -0.1) is 0 Å². The highest BCUT2D eigenvalue weighted by Gasteiger charge is 2.36. The van der Waals surface area contributed by atoms with Crippen LogP contribution in [0.2, 0.25) is 0 Å². The van der Waals surface area contributed by atoms with Gasteiger partial charge in [-0.2, -0.15) is 0 Å². The number of nitrogens with zero attached hydrogens (tertiary/aromatic N) is 2. The molecule has 1 aliphatic rings. The number of carboxylic acids is 1. The van der Waals surface area contributed by atoms with E-state index < -0.39 is 28.6 Å². The Kier molecular flexibility index (Phi) is 5.26. The van der Waals surface area contributed by atoms with E-state index in [4.69, 9.17) is 0 Å². The Morgan fingerprint density at radius 2 is 1.45 bits per heavy atom. The Morgan fingerprint density at radius 1 is 0.909 bits per heavy atom. The number of hydrogen-bond acceptors (Lipinski definition) is 3. The molecule has 166 valence electrons. The van der Waals surface area contributed by atoms with Crippen LogP contribution in [0.3, 0.4) is 0 Å².